The molecule has 0 saturated heterocycles. The zero-order valence-electron chi connectivity index (χ0n) is 24.1. The van der Waals surface area contributed by atoms with E-state index in [-0.39, 0.29) is 30.3 Å². The maximum Gasteiger partial charge on any atom is 0.302 e. The number of benzene rings is 1. The van der Waals surface area contributed by atoms with Gasteiger partial charge in [0.2, 0.25) is 0 Å². The molecule has 9 heteroatoms. The first-order chi connectivity index (χ1) is 19.2. The summed E-state index contributed by atoms with van der Waals surface area (Å²) < 4.78 is 17.5. The van der Waals surface area contributed by atoms with Crippen LogP contribution in [0.25, 0.3) is 5.57 Å². The van der Waals surface area contributed by atoms with Crippen LogP contribution in [0.5, 0.6) is 11.5 Å². The van der Waals surface area contributed by atoms with Gasteiger partial charge in [0, 0.05) is 33.4 Å². The fraction of sp³-hybridized carbons (Fsp3) is 0.613. The van der Waals surface area contributed by atoms with Crippen LogP contribution in [0.3, 0.4) is 0 Å². The number of allylic oxidation sites excluding steroid dienone is 2. The highest BCUT2D eigenvalue weighted by molar-refractivity contribution is 5.79. The fourth-order valence-electron chi connectivity index (χ4n) is 5.49. The summed E-state index contributed by atoms with van der Waals surface area (Å²) in [6.45, 7) is 5.42. The van der Waals surface area contributed by atoms with Gasteiger partial charge < -0.3 is 35.5 Å². The first-order valence-corrected chi connectivity index (χ1v) is 14.6. The molecular formula is C31H46N2O7. The average molecular weight is 559 g/mol. The summed E-state index contributed by atoms with van der Waals surface area (Å²) in [5, 5.41) is 23.5. The molecule has 1 fully saturated rings. The van der Waals surface area contributed by atoms with Crippen molar-refractivity contribution < 1.29 is 34.0 Å². The first kappa shape index (κ1) is 31.3. The molecule has 2 aliphatic rings. The van der Waals surface area contributed by atoms with E-state index < -0.39 is 18.2 Å². The monoisotopic (exact) mass is 558 g/mol. The summed E-state index contributed by atoms with van der Waals surface area (Å²) in [6.07, 6.45) is 10.7. The molecule has 3 rings (SSSR count). The molecule has 0 unspecified atom stereocenters. The molecule has 0 radical (unpaired) electrons. The molecule has 0 spiro atoms. The van der Waals surface area contributed by atoms with Crippen molar-refractivity contribution in [1.82, 2.24) is 5.32 Å². The Morgan fingerprint density at radius 3 is 2.35 bits per heavy atom. The minimum Gasteiger partial charge on any atom is -0.504 e. The van der Waals surface area contributed by atoms with E-state index >= 15 is 0 Å². The molecule has 1 heterocycles. The van der Waals surface area contributed by atoms with Crippen molar-refractivity contribution >= 4 is 17.5 Å². The number of phenolic OH excluding ortho intramolecular Hbond substituents is 1. The molecule has 222 valence electrons. The van der Waals surface area contributed by atoms with Crippen LogP contribution >= 0.6 is 0 Å². The largest absolute Gasteiger partial charge is 0.504 e. The van der Waals surface area contributed by atoms with Crippen molar-refractivity contribution in [2.75, 3.05) is 13.2 Å². The Labute approximate surface area is 237 Å². The van der Waals surface area contributed by atoms with E-state index in [0.29, 0.717) is 50.2 Å². The number of aliphatic hydroxyl groups is 1. The number of aryl methyl sites for hydroxylation is 1. The number of hydrogen-bond acceptors (Lipinski definition) is 9. The number of rotatable bonds is 15. The lowest BCUT2D eigenvalue weighted by atomic mass is 9.91. The zero-order chi connectivity index (χ0) is 29.1. The number of esters is 2. The molecule has 1 aliphatic heterocycles. The van der Waals surface area contributed by atoms with E-state index in [1.807, 2.05) is 25.1 Å². The maximum atomic E-state index is 12.0. The van der Waals surface area contributed by atoms with Crippen molar-refractivity contribution in [3.63, 3.8) is 0 Å². The van der Waals surface area contributed by atoms with Crippen LogP contribution in [0.4, 0.5) is 0 Å². The molecule has 0 amide bonds. The Hall–Kier alpha value is -3.20. The second kappa shape index (κ2) is 15.6. The van der Waals surface area contributed by atoms with Gasteiger partial charge in [-0.05, 0) is 92.2 Å². The highest BCUT2D eigenvalue weighted by atomic mass is 16.6. The van der Waals surface area contributed by atoms with Gasteiger partial charge in [0.25, 0.3) is 0 Å². The average Bonchev–Trinajstić information content (AvgIpc) is 3.41. The van der Waals surface area contributed by atoms with Crippen LogP contribution < -0.4 is 15.8 Å². The lowest BCUT2D eigenvalue weighted by molar-refractivity contribution is -0.153. The lowest BCUT2D eigenvalue weighted by Crippen LogP contribution is -2.27. The van der Waals surface area contributed by atoms with Gasteiger partial charge in [0.15, 0.2) is 11.5 Å². The SMILES string of the molecule is CC[C@H](CO)CC[C@@H](C[C@@H](CCc1cc(OC2CCCC2)c(O)cc1C1=CCNC(N)=C1)OC(C)=O)OC(C)=O. The van der Waals surface area contributed by atoms with Gasteiger partial charge in [0.1, 0.15) is 12.2 Å². The van der Waals surface area contributed by atoms with E-state index in [0.717, 1.165) is 48.8 Å². The Morgan fingerprint density at radius 1 is 1.07 bits per heavy atom. The number of aliphatic hydroxyl groups excluding tert-OH is 1. The smallest absolute Gasteiger partial charge is 0.302 e. The molecule has 1 aromatic carbocycles. The lowest BCUT2D eigenvalue weighted by Gasteiger charge is -2.25. The van der Waals surface area contributed by atoms with Crippen LogP contribution in [0, 0.1) is 5.92 Å². The Bertz CT molecular complexity index is 1060. The quantitative estimate of drug-likeness (QED) is 0.229. The molecular weight excluding hydrogens is 512 g/mol. The normalized spacial score (nSPS) is 17.7. The number of aromatic hydroxyl groups is 1. The van der Waals surface area contributed by atoms with E-state index in [9.17, 15) is 19.8 Å². The van der Waals surface area contributed by atoms with Gasteiger partial charge in [-0.1, -0.05) is 19.4 Å². The summed E-state index contributed by atoms with van der Waals surface area (Å²) in [6, 6.07) is 3.61. The number of nitrogens with two attached hydrogens (primary N) is 1. The predicted molar refractivity (Wildman–Crippen MR) is 153 cm³/mol. The number of nitrogens with one attached hydrogen (secondary N) is 1. The number of phenols is 1. The number of ether oxygens (including phenoxy) is 3. The van der Waals surface area contributed by atoms with Crippen molar-refractivity contribution in [2.24, 2.45) is 11.7 Å². The molecule has 0 aromatic heterocycles. The van der Waals surface area contributed by atoms with Gasteiger partial charge in [0.05, 0.1) is 11.9 Å². The standard InChI is InChI=1S/C31H46N2O7/c1-4-22(19-34)9-11-26(38-20(2)35)17-27(39-21(3)36)12-10-23-15-30(40-25-7-5-6-8-25)29(37)18-28(23)24-13-14-33-31(32)16-24/h13,15-16,18,22,25-27,33-34,37H,4-12,14,17,19,32H2,1-3H3/t22-,26-,27+/m0/s1. The Kier molecular flexibility index (Phi) is 12.2. The topological polar surface area (TPSA) is 140 Å². The molecule has 1 saturated carbocycles. The summed E-state index contributed by atoms with van der Waals surface area (Å²) in [5.74, 6) is 0.416. The van der Waals surface area contributed by atoms with E-state index in [2.05, 4.69) is 5.32 Å². The summed E-state index contributed by atoms with van der Waals surface area (Å²) in [4.78, 5) is 23.9. The number of carbonyl (C=O) groups is 2. The fourth-order valence-corrected chi connectivity index (χ4v) is 5.49. The van der Waals surface area contributed by atoms with Crippen LogP contribution in [-0.2, 0) is 25.5 Å². The van der Waals surface area contributed by atoms with Crippen LogP contribution in [-0.4, -0.2) is 53.6 Å². The predicted octanol–water partition coefficient (Wildman–Crippen LogP) is 4.49. The van der Waals surface area contributed by atoms with Crippen LogP contribution in [0.1, 0.15) is 89.7 Å². The van der Waals surface area contributed by atoms with Gasteiger partial charge in [-0.2, -0.15) is 0 Å². The molecule has 1 aromatic rings. The van der Waals surface area contributed by atoms with Crippen molar-refractivity contribution in [2.45, 2.75) is 103 Å². The van der Waals surface area contributed by atoms with Gasteiger partial charge >= 0.3 is 11.9 Å². The molecule has 40 heavy (non-hydrogen) atoms. The third-order valence-corrected chi connectivity index (χ3v) is 7.69. The maximum absolute atomic E-state index is 12.0. The molecule has 3 atom stereocenters. The minimum absolute atomic E-state index is 0.0793. The van der Waals surface area contributed by atoms with Crippen molar-refractivity contribution in [3.8, 4) is 11.5 Å². The third kappa shape index (κ3) is 9.77. The van der Waals surface area contributed by atoms with Crippen LogP contribution in [0.15, 0.2) is 30.1 Å². The van der Waals surface area contributed by atoms with Gasteiger partial charge in [-0.3, -0.25) is 9.59 Å². The Balaban J connectivity index is 1.83. The molecule has 1 aliphatic carbocycles. The Morgan fingerprint density at radius 2 is 1.75 bits per heavy atom. The van der Waals surface area contributed by atoms with Gasteiger partial charge in [-0.15, -0.1) is 0 Å². The second-order valence-electron chi connectivity index (χ2n) is 10.9. The number of hydrogen-bond donors (Lipinski definition) is 4. The van der Waals surface area contributed by atoms with E-state index in [1.165, 1.54) is 13.8 Å². The number of dihydropyridines is 1. The highest BCUT2D eigenvalue weighted by Crippen LogP contribution is 2.37. The molecule has 5 N–H and O–H groups in total. The molecule has 0 bridgehead atoms. The second-order valence-corrected chi connectivity index (χ2v) is 10.9. The van der Waals surface area contributed by atoms with Crippen molar-refractivity contribution in [1.29, 1.82) is 0 Å². The van der Waals surface area contributed by atoms with Crippen LogP contribution in [0.2, 0.25) is 0 Å². The molecule has 9 nitrogen and oxygen atoms in total. The minimum atomic E-state index is -0.487. The van der Waals surface area contributed by atoms with Gasteiger partial charge in [-0.25, -0.2) is 0 Å². The number of carbonyl (C=O) groups excluding carboxylic acids is 2. The van der Waals surface area contributed by atoms with E-state index in [4.69, 9.17) is 19.9 Å². The van der Waals surface area contributed by atoms with E-state index in [1.54, 1.807) is 6.07 Å². The highest BCUT2D eigenvalue weighted by Gasteiger charge is 2.25. The summed E-state index contributed by atoms with van der Waals surface area (Å²) in [7, 11) is 0. The first-order valence-electron chi connectivity index (χ1n) is 14.6. The third-order valence-electron chi connectivity index (χ3n) is 7.69. The van der Waals surface area contributed by atoms with Crippen molar-refractivity contribution in [3.05, 3.63) is 41.2 Å². The zero-order valence-corrected chi connectivity index (χ0v) is 24.1. The summed E-state index contributed by atoms with van der Waals surface area (Å²) in [5.41, 5.74) is 8.71. The summed E-state index contributed by atoms with van der Waals surface area (Å²) >= 11 is 0.